The first-order valence-corrected chi connectivity index (χ1v) is 11.8. The van der Waals surface area contributed by atoms with Crippen LogP contribution in [-0.4, -0.2) is 49.8 Å². The van der Waals surface area contributed by atoms with Crippen LogP contribution in [0, 0.1) is 5.92 Å². The van der Waals surface area contributed by atoms with Crippen LogP contribution >= 0.6 is 11.6 Å². The predicted octanol–water partition coefficient (Wildman–Crippen LogP) is 2.73. The van der Waals surface area contributed by atoms with Crippen LogP contribution in [0.1, 0.15) is 45.4 Å². The number of halogens is 1. The second kappa shape index (κ2) is 9.45. The maximum absolute atomic E-state index is 12.9. The Hall–Kier alpha value is -1.64. The number of ether oxygens (including phenoxy) is 1. The van der Waals surface area contributed by atoms with E-state index in [1.54, 1.807) is 0 Å². The van der Waals surface area contributed by atoms with Crippen molar-refractivity contribution >= 4 is 33.5 Å². The molecule has 7 nitrogen and oxygen atoms in total. The Morgan fingerprint density at radius 3 is 2.52 bits per heavy atom. The van der Waals surface area contributed by atoms with E-state index in [9.17, 15) is 18.0 Å². The molecule has 0 aromatic heterocycles. The molecule has 1 aliphatic heterocycles. The third-order valence-corrected chi connectivity index (χ3v) is 7.87. The van der Waals surface area contributed by atoms with Gasteiger partial charge in [-0.05, 0) is 55.9 Å². The lowest BCUT2D eigenvalue weighted by atomic mass is 9.86. The highest BCUT2D eigenvalue weighted by molar-refractivity contribution is 7.89. The molecule has 1 aromatic rings. The Kier molecular flexibility index (Phi) is 7.19. The van der Waals surface area contributed by atoms with Gasteiger partial charge in [0.1, 0.15) is 6.04 Å². The van der Waals surface area contributed by atoms with Gasteiger partial charge < -0.3 is 10.1 Å². The fraction of sp³-hybridized carbons (Fsp3) is 0.600. The molecular formula is C20H27ClN2O5S. The Bertz CT molecular complexity index is 843. The van der Waals surface area contributed by atoms with E-state index in [1.807, 2.05) is 0 Å². The zero-order valence-electron chi connectivity index (χ0n) is 16.5. The van der Waals surface area contributed by atoms with Gasteiger partial charge in [-0.2, -0.15) is 4.31 Å². The highest BCUT2D eigenvalue weighted by Crippen LogP contribution is 2.28. The lowest BCUT2D eigenvalue weighted by Crippen LogP contribution is -2.45. The molecule has 3 rings (SSSR count). The van der Waals surface area contributed by atoms with Crippen LogP contribution in [0.3, 0.4) is 0 Å². The van der Waals surface area contributed by atoms with Crippen LogP contribution in [0.5, 0.6) is 0 Å². The first-order valence-electron chi connectivity index (χ1n) is 10.0. The summed E-state index contributed by atoms with van der Waals surface area (Å²) in [5.41, 5.74) is 0. The lowest BCUT2D eigenvalue weighted by Gasteiger charge is -2.29. The summed E-state index contributed by atoms with van der Waals surface area (Å²) < 4.78 is 32.1. The molecular weight excluding hydrogens is 416 g/mol. The van der Waals surface area contributed by atoms with E-state index in [4.69, 9.17) is 16.3 Å². The van der Waals surface area contributed by atoms with Crippen molar-refractivity contribution < 1.29 is 22.7 Å². The van der Waals surface area contributed by atoms with Gasteiger partial charge in [0, 0.05) is 17.6 Å². The van der Waals surface area contributed by atoms with Crippen molar-refractivity contribution in [2.75, 3.05) is 13.2 Å². The minimum atomic E-state index is -3.84. The van der Waals surface area contributed by atoms with Crippen LogP contribution in [-0.2, 0) is 24.3 Å². The number of hydrogen-bond donors (Lipinski definition) is 1. The van der Waals surface area contributed by atoms with E-state index in [-0.39, 0.29) is 23.4 Å². The summed E-state index contributed by atoms with van der Waals surface area (Å²) in [6, 6.07) is 5.00. The highest BCUT2D eigenvalue weighted by atomic mass is 35.5. The van der Waals surface area contributed by atoms with E-state index in [0.29, 0.717) is 23.8 Å². The van der Waals surface area contributed by atoms with Crippen molar-refractivity contribution in [3.05, 3.63) is 29.3 Å². The molecule has 160 valence electrons. The fourth-order valence-electron chi connectivity index (χ4n) is 4.02. The molecule has 0 bridgehead atoms. The number of nitrogens with one attached hydrogen (secondary N) is 1. The van der Waals surface area contributed by atoms with Gasteiger partial charge in [-0.25, -0.2) is 8.42 Å². The van der Waals surface area contributed by atoms with Gasteiger partial charge in [0.15, 0.2) is 6.61 Å². The molecule has 1 saturated carbocycles. The van der Waals surface area contributed by atoms with Crippen molar-refractivity contribution in [3.8, 4) is 0 Å². The smallest absolute Gasteiger partial charge is 0.324 e. The molecule has 1 aromatic carbocycles. The number of esters is 1. The van der Waals surface area contributed by atoms with Gasteiger partial charge >= 0.3 is 5.97 Å². The van der Waals surface area contributed by atoms with Crippen molar-refractivity contribution in [2.45, 2.75) is 62.4 Å². The van der Waals surface area contributed by atoms with Gasteiger partial charge in [0.2, 0.25) is 10.0 Å². The molecule has 1 amide bonds. The average Bonchev–Trinajstić information content (AvgIpc) is 3.19. The average molecular weight is 443 g/mol. The molecule has 1 heterocycles. The number of rotatable bonds is 6. The van der Waals surface area contributed by atoms with Gasteiger partial charge in [-0.1, -0.05) is 31.4 Å². The third-order valence-electron chi connectivity index (χ3n) is 5.70. The van der Waals surface area contributed by atoms with Gasteiger partial charge in [-0.3, -0.25) is 9.59 Å². The molecule has 0 radical (unpaired) electrons. The van der Waals surface area contributed by atoms with E-state index in [0.717, 1.165) is 23.6 Å². The Morgan fingerprint density at radius 2 is 1.83 bits per heavy atom. The van der Waals surface area contributed by atoms with E-state index in [1.165, 1.54) is 30.7 Å². The second-order valence-corrected chi connectivity index (χ2v) is 10.1. The number of carbonyl (C=O) groups is 2. The largest absolute Gasteiger partial charge is 0.454 e. The van der Waals surface area contributed by atoms with E-state index < -0.39 is 28.6 Å². The van der Waals surface area contributed by atoms with Crippen molar-refractivity contribution in [1.29, 1.82) is 0 Å². The van der Waals surface area contributed by atoms with Gasteiger partial charge in [0.05, 0.1) is 4.90 Å². The maximum atomic E-state index is 12.9. The second-order valence-electron chi connectivity index (χ2n) is 7.77. The van der Waals surface area contributed by atoms with Crippen molar-refractivity contribution in [1.82, 2.24) is 9.62 Å². The molecule has 0 spiro atoms. The number of sulfonamides is 1. The Balaban J connectivity index is 1.58. The number of amides is 1. The minimum absolute atomic E-state index is 0.0747. The molecule has 2 aliphatic rings. The number of hydrogen-bond acceptors (Lipinski definition) is 5. The van der Waals surface area contributed by atoms with Crippen LogP contribution in [0.15, 0.2) is 29.2 Å². The van der Waals surface area contributed by atoms with Crippen LogP contribution in [0.25, 0.3) is 0 Å². The normalized spacial score (nSPS) is 25.5. The summed E-state index contributed by atoms with van der Waals surface area (Å²) in [4.78, 5) is 24.8. The zero-order chi connectivity index (χ0) is 21.0. The molecule has 1 saturated heterocycles. The highest BCUT2D eigenvalue weighted by Gasteiger charge is 2.40. The Morgan fingerprint density at radius 1 is 1.14 bits per heavy atom. The van der Waals surface area contributed by atoms with Crippen LogP contribution in [0.4, 0.5) is 0 Å². The summed E-state index contributed by atoms with van der Waals surface area (Å²) in [5, 5.41) is 3.36. The summed E-state index contributed by atoms with van der Waals surface area (Å²) in [6.45, 7) is 1.94. The zero-order valence-corrected chi connectivity index (χ0v) is 18.0. The lowest BCUT2D eigenvalue weighted by molar-refractivity contribution is -0.152. The van der Waals surface area contributed by atoms with E-state index in [2.05, 4.69) is 12.2 Å². The minimum Gasteiger partial charge on any atom is -0.454 e. The molecule has 9 heteroatoms. The third kappa shape index (κ3) is 5.29. The predicted molar refractivity (Wildman–Crippen MR) is 109 cm³/mol. The van der Waals surface area contributed by atoms with Crippen molar-refractivity contribution in [2.24, 2.45) is 5.92 Å². The molecule has 2 fully saturated rings. The Labute approximate surface area is 176 Å². The molecule has 29 heavy (non-hydrogen) atoms. The molecule has 1 N–H and O–H groups in total. The summed E-state index contributed by atoms with van der Waals surface area (Å²) in [5.74, 6) is -0.632. The summed E-state index contributed by atoms with van der Waals surface area (Å²) >= 11 is 5.83. The monoisotopic (exact) mass is 442 g/mol. The first kappa shape index (κ1) is 22.1. The van der Waals surface area contributed by atoms with Crippen molar-refractivity contribution in [3.63, 3.8) is 0 Å². The number of benzene rings is 1. The van der Waals surface area contributed by atoms with Gasteiger partial charge in [-0.15, -0.1) is 0 Å². The first-order chi connectivity index (χ1) is 13.8. The fourth-order valence-corrected chi connectivity index (χ4v) is 5.79. The van der Waals surface area contributed by atoms with Gasteiger partial charge in [0.25, 0.3) is 5.91 Å². The maximum Gasteiger partial charge on any atom is 0.324 e. The number of carbonyl (C=O) groups excluding carboxylic acids is 2. The van der Waals surface area contributed by atoms with Crippen LogP contribution < -0.4 is 5.32 Å². The standard InChI is InChI=1S/C20H27ClN2O5S/c1-14-5-2-3-6-17(14)22-19(24)13-28-20(25)18-7-4-12-23(18)29(26,27)16-10-8-15(21)9-11-16/h8-11,14,17-18H,2-7,12-13H2,1H3,(H,22,24). The summed E-state index contributed by atoms with van der Waals surface area (Å²) in [7, 11) is -3.84. The number of nitrogens with zero attached hydrogens (tertiary/aromatic N) is 1. The molecule has 1 aliphatic carbocycles. The molecule has 3 unspecified atom stereocenters. The SMILES string of the molecule is CC1CCCCC1NC(=O)COC(=O)C1CCCN1S(=O)(=O)c1ccc(Cl)cc1. The quantitative estimate of drug-likeness (QED) is 0.684. The van der Waals surface area contributed by atoms with Crippen LogP contribution in [0.2, 0.25) is 5.02 Å². The molecule has 3 atom stereocenters. The topological polar surface area (TPSA) is 92.8 Å². The van der Waals surface area contributed by atoms with E-state index >= 15 is 0 Å². The summed E-state index contributed by atoms with van der Waals surface area (Å²) in [6.07, 6.45) is 5.17.